The summed E-state index contributed by atoms with van der Waals surface area (Å²) < 4.78 is 0. The van der Waals surface area contributed by atoms with Gasteiger partial charge in [-0.25, -0.2) is 0 Å². The summed E-state index contributed by atoms with van der Waals surface area (Å²) in [6.45, 7) is 4.19. The molecule has 2 fully saturated rings. The van der Waals surface area contributed by atoms with Crippen LogP contribution in [0.5, 0.6) is 0 Å². The Morgan fingerprint density at radius 1 is 1.10 bits per heavy atom. The van der Waals surface area contributed by atoms with Gasteiger partial charge in [-0.3, -0.25) is 4.79 Å². The van der Waals surface area contributed by atoms with Crippen LogP contribution in [0.4, 0.5) is 0 Å². The molecule has 0 unspecified atom stereocenters. The number of carbonyl (C=O) groups is 1. The summed E-state index contributed by atoms with van der Waals surface area (Å²) in [6.07, 6.45) is 6.52. The molecule has 114 valence electrons. The van der Waals surface area contributed by atoms with E-state index in [1.54, 1.807) is 18.3 Å². The number of likely N-dealkylation sites (tertiary alicyclic amines) is 2. The van der Waals surface area contributed by atoms with Crippen LogP contribution in [0, 0.1) is 11.8 Å². The average molecular weight is 288 g/mol. The standard InChI is InChI=1S/C16H24N4O/c1-19-9-4-13(5-10-19)14-6-11-20(12-7-14)16(21)15-3-2-8-17-18-15/h2-3,8,13-14H,4-7,9-12H2,1H3. The topological polar surface area (TPSA) is 49.3 Å². The molecular weight excluding hydrogens is 264 g/mol. The number of aromatic nitrogens is 2. The fourth-order valence-electron chi connectivity index (χ4n) is 3.65. The van der Waals surface area contributed by atoms with Crippen LogP contribution in [0.15, 0.2) is 18.3 Å². The van der Waals surface area contributed by atoms with Gasteiger partial charge in [-0.2, -0.15) is 5.10 Å². The van der Waals surface area contributed by atoms with E-state index in [1.165, 1.54) is 25.9 Å². The Kier molecular flexibility index (Phi) is 4.48. The third kappa shape index (κ3) is 3.40. The smallest absolute Gasteiger partial charge is 0.274 e. The predicted octanol–water partition coefficient (Wildman–Crippen LogP) is 1.67. The zero-order valence-corrected chi connectivity index (χ0v) is 12.7. The van der Waals surface area contributed by atoms with Crippen molar-refractivity contribution >= 4 is 5.91 Å². The van der Waals surface area contributed by atoms with E-state index in [0.717, 1.165) is 37.8 Å². The fraction of sp³-hybridized carbons (Fsp3) is 0.688. The molecule has 3 rings (SSSR count). The van der Waals surface area contributed by atoms with E-state index in [4.69, 9.17) is 0 Å². The van der Waals surface area contributed by atoms with Crippen molar-refractivity contribution in [3.63, 3.8) is 0 Å². The van der Waals surface area contributed by atoms with Gasteiger partial charge in [0.2, 0.25) is 0 Å². The summed E-state index contributed by atoms with van der Waals surface area (Å²) in [7, 11) is 2.21. The lowest BCUT2D eigenvalue weighted by molar-refractivity contribution is 0.0609. The highest BCUT2D eigenvalue weighted by Gasteiger charge is 2.30. The molecule has 0 radical (unpaired) electrons. The normalized spacial score (nSPS) is 22.4. The zero-order valence-electron chi connectivity index (χ0n) is 12.7. The Morgan fingerprint density at radius 3 is 2.29 bits per heavy atom. The van der Waals surface area contributed by atoms with Gasteiger partial charge in [0, 0.05) is 19.3 Å². The van der Waals surface area contributed by atoms with Crippen LogP contribution in [0.3, 0.4) is 0 Å². The quantitative estimate of drug-likeness (QED) is 0.830. The summed E-state index contributed by atoms with van der Waals surface area (Å²) in [6, 6.07) is 3.52. The molecule has 21 heavy (non-hydrogen) atoms. The first-order chi connectivity index (χ1) is 10.2. The molecule has 0 aliphatic carbocycles. The van der Waals surface area contributed by atoms with E-state index in [0.29, 0.717) is 5.69 Å². The minimum absolute atomic E-state index is 0.0323. The van der Waals surface area contributed by atoms with E-state index in [1.807, 2.05) is 4.90 Å². The van der Waals surface area contributed by atoms with Gasteiger partial charge in [0.15, 0.2) is 5.69 Å². The van der Waals surface area contributed by atoms with Gasteiger partial charge in [-0.15, -0.1) is 5.10 Å². The van der Waals surface area contributed by atoms with Crippen LogP contribution in [-0.2, 0) is 0 Å². The van der Waals surface area contributed by atoms with Crippen molar-refractivity contribution in [1.29, 1.82) is 0 Å². The number of amides is 1. The van der Waals surface area contributed by atoms with Gasteiger partial charge < -0.3 is 9.80 Å². The van der Waals surface area contributed by atoms with Crippen LogP contribution < -0.4 is 0 Å². The molecule has 2 aliphatic heterocycles. The molecule has 1 aromatic rings. The Hall–Kier alpha value is -1.49. The number of nitrogens with zero attached hydrogens (tertiary/aromatic N) is 4. The maximum Gasteiger partial charge on any atom is 0.274 e. The highest BCUT2D eigenvalue weighted by atomic mass is 16.2. The number of piperidine rings is 2. The van der Waals surface area contributed by atoms with Crippen molar-refractivity contribution in [3.8, 4) is 0 Å². The van der Waals surface area contributed by atoms with E-state index in [9.17, 15) is 4.79 Å². The predicted molar refractivity (Wildman–Crippen MR) is 80.9 cm³/mol. The first-order valence-electron chi connectivity index (χ1n) is 7.99. The molecule has 0 saturated carbocycles. The second kappa shape index (κ2) is 6.52. The molecule has 1 amide bonds. The highest BCUT2D eigenvalue weighted by molar-refractivity contribution is 5.92. The Balaban J connectivity index is 1.52. The Labute approximate surface area is 126 Å². The number of rotatable bonds is 2. The SMILES string of the molecule is CN1CCC(C2CCN(C(=O)c3cccnn3)CC2)CC1. The molecule has 2 saturated heterocycles. The molecule has 0 aromatic carbocycles. The van der Waals surface area contributed by atoms with Gasteiger partial charge in [-0.1, -0.05) is 0 Å². The van der Waals surface area contributed by atoms with Crippen molar-refractivity contribution in [2.75, 3.05) is 33.2 Å². The largest absolute Gasteiger partial charge is 0.337 e. The molecule has 3 heterocycles. The van der Waals surface area contributed by atoms with Crippen LogP contribution in [-0.4, -0.2) is 59.1 Å². The molecular formula is C16H24N4O. The lowest BCUT2D eigenvalue weighted by Crippen LogP contribution is -2.42. The van der Waals surface area contributed by atoms with Crippen molar-refractivity contribution in [3.05, 3.63) is 24.0 Å². The maximum absolute atomic E-state index is 12.3. The van der Waals surface area contributed by atoms with Gasteiger partial charge in [0.1, 0.15) is 0 Å². The molecule has 5 heteroatoms. The van der Waals surface area contributed by atoms with Crippen LogP contribution in [0.1, 0.15) is 36.2 Å². The maximum atomic E-state index is 12.3. The molecule has 0 atom stereocenters. The van der Waals surface area contributed by atoms with Gasteiger partial charge in [-0.05, 0) is 69.8 Å². The summed E-state index contributed by atoms with van der Waals surface area (Å²) in [4.78, 5) is 16.7. The summed E-state index contributed by atoms with van der Waals surface area (Å²) >= 11 is 0. The van der Waals surface area contributed by atoms with E-state index >= 15 is 0 Å². The molecule has 0 N–H and O–H groups in total. The van der Waals surface area contributed by atoms with Gasteiger partial charge in [0.25, 0.3) is 5.91 Å². The average Bonchev–Trinajstić information content (AvgIpc) is 2.56. The number of hydrogen-bond acceptors (Lipinski definition) is 4. The third-order valence-corrected chi connectivity index (χ3v) is 5.05. The zero-order chi connectivity index (χ0) is 14.7. The monoisotopic (exact) mass is 288 g/mol. The van der Waals surface area contributed by atoms with Crippen LogP contribution in [0.25, 0.3) is 0 Å². The van der Waals surface area contributed by atoms with Crippen molar-refractivity contribution in [2.24, 2.45) is 11.8 Å². The van der Waals surface area contributed by atoms with E-state index in [2.05, 4.69) is 22.1 Å². The molecule has 0 spiro atoms. The first kappa shape index (κ1) is 14.4. The van der Waals surface area contributed by atoms with Crippen LogP contribution >= 0.6 is 0 Å². The minimum Gasteiger partial charge on any atom is -0.337 e. The van der Waals surface area contributed by atoms with Crippen molar-refractivity contribution in [2.45, 2.75) is 25.7 Å². The lowest BCUT2D eigenvalue weighted by atomic mass is 9.79. The minimum atomic E-state index is 0.0323. The lowest BCUT2D eigenvalue weighted by Gasteiger charge is -2.39. The summed E-state index contributed by atoms with van der Waals surface area (Å²) in [5.74, 6) is 1.68. The Bertz CT molecular complexity index is 462. The molecule has 1 aromatic heterocycles. The van der Waals surface area contributed by atoms with E-state index in [-0.39, 0.29) is 5.91 Å². The fourth-order valence-corrected chi connectivity index (χ4v) is 3.65. The summed E-state index contributed by atoms with van der Waals surface area (Å²) in [5, 5.41) is 7.72. The second-order valence-corrected chi connectivity index (χ2v) is 6.38. The van der Waals surface area contributed by atoms with Crippen molar-refractivity contribution in [1.82, 2.24) is 20.0 Å². The molecule has 2 aliphatic rings. The first-order valence-corrected chi connectivity index (χ1v) is 7.99. The summed E-state index contributed by atoms with van der Waals surface area (Å²) in [5.41, 5.74) is 0.468. The number of hydrogen-bond donors (Lipinski definition) is 0. The number of carbonyl (C=O) groups excluding carboxylic acids is 1. The molecule has 5 nitrogen and oxygen atoms in total. The third-order valence-electron chi connectivity index (χ3n) is 5.05. The molecule has 0 bridgehead atoms. The second-order valence-electron chi connectivity index (χ2n) is 6.38. The highest BCUT2D eigenvalue weighted by Crippen LogP contribution is 2.32. The van der Waals surface area contributed by atoms with Crippen molar-refractivity contribution < 1.29 is 4.79 Å². The Morgan fingerprint density at radius 2 is 1.71 bits per heavy atom. The van der Waals surface area contributed by atoms with Crippen LogP contribution in [0.2, 0.25) is 0 Å². The van der Waals surface area contributed by atoms with E-state index < -0.39 is 0 Å². The van der Waals surface area contributed by atoms with Gasteiger partial charge >= 0.3 is 0 Å². The van der Waals surface area contributed by atoms with Gasteiger partial charge in [0.05, 0.1) is 0 Å².